The minimum absolute atomic E-state index is 0.130. The lowest BCUT2D eigenvalue weighted by atomic mass is 10.1. The first-order valence-corrected chi connectivity index (χ1v) is 4.89. The maximum atomic E-state index is 13.6. The summed E-state index contributed by atoms with van der Waals surface area (Å²) in [6.07, 6.45) is 3.98. The second-order valence-corrected chi connectivity index (χ2v) is 3.95. The highest BCUT2D eigenvalue weighted by atomic mass is 19.1. The molecular formula is C11H11FN2. The summed E-state index contributed by atoms with van der Waals surface area (Å²) in [5.74, 6) is -0.130. The van der Waals surface area contributed by atoms with Crippen LogP contribution in [0.4, 0.5) is 4.39 Å². The average Bonchev–Trinajstić information content (AvgIpc) is 2.93. The number of halogens is 1. The van der Waals surface area contributed by atoms with Crippen LogP contribution in [0.3, 0.4) is 0 Å². The molecule has 0 unspecified atom stereocenters. The maximum Gasteiger partial charge on any atom is 0.137 e. The molecule has 1 aliphatic rings. The van der Waals surface area contributed by atoms with E-state index in [1.54, 1.807) is 13.1 Å². The van der Waals surface area contributed by atoms with Gasteiger partial charge < -0.3 is 0 Å². The molecule has 0 amide bonds. The van der Waals surface area contributed by atoms with Gasteiger partial charge in [-0.1, -0.05) is 6.07 Å². The lowest BCUT2D eigenvalue weighted by Gasteiger charge is -2.01. The molecule has 1 aromatic carbocycles. The molecule has 1 heterocycles. The minimum Gasteiger partial charge on any atom is -0.262 e. The van der Waals surface area contributed by atoms with Crippen LogP contribution in [0.1, 0.15) is 24.4 Å². The zero-order valence-electron chi connectivity index (χ0n) is 8.00. The SMILES string of the molecule is Cc1ccc2c(cnn2C2CC2)c1F. The van der Waals surface area contributed by atoms with E-state index in [4.69, 9.17) is 0 Å². The fourth-order valence-electron chi connectivity index (χ4n) is 1.81. The summed E-state index contributed by atoms with van der Waals surface area (Å²) in [6, 6.07) is 4.28. The molecule has 0 aliphatic heterocycles. The van der Waals surface area contributed by atoms with Crippen LogP contribution in [-0.4, -0.2) is 9.78 Å². The predicted octanol–water partition coefficient (Wildman–Crippen LogP) is 2.82. The maximum absolute atomic E-state index is 13.6. The van der Waals surface area contributed by atoms with E-state index in [0.717, 1.165) is 5.52 Å². The third-order valence-corrected chi connectivity index (χ3v) is 2.80. The van der Waals surface area contributed by atoms with Gasteiger partial charge in [-0.15, -0.1) is 0 Å². The van der Waals surface area contributed by atoms with Crippen LogP contribution in [0.15, 0.2) is 18.3 Å². The van der Waals surface area contributed by atoms with Gasteiger partial charge >= 0.3 is 0 Å². The number of benzene rings is 1. The molecule has 0 spiro atoms. The van der Waals surface area contributed by atoms with Crippen LogP contribution in [0.2, 0.25) is 0 Å². The molecule has 2 nitrogen and oxygen atoms in total. The van der Waals surface area contributed by atoms with Crippen LogP contribution in [0, 0.1) is 12.7 Å². The van der Waals surface area contributed by atoms with Crippen molar-refractivity contribution >= 4 is 10.9 Å². The molecule has 1 aliphatic carbocycles. The van der Waals surface area contributed by atoms with Gasteiger partial charge in [0.05, 0.1) is 23.1 Å². The van der Waals surface area contributed by atoms with E-state index in [-0.39, 0.29) is 5.82 Å². The Kier molecular flexibility index (Phi) is 1.46. The molecule has 0 bridgehead atoms. The van der Waals surface area contributed by atoms with Crippen molar-refractivity contribution < 1.29 is 4.39 Å². The number of nitrogens with zero attached hydrogens (tertiary/aromatic N) is 2. The molecule has 1 aromatic heterocycles. The summed E-state index contributed by atoms with van der Waals surface area (Å²) >= 11 is 0. The van der Waals surface area contributed by atoms with E-state index < -0.39 is 0 Å². The highest BCUT2D eigenvalue weighted by Gasteiger charge is 2.26. The van der Waals surface area contributed by atoms with Crippen molar-refractivity contribution in [3.8, 4) is 0 Å². The summed E-state index contributed by atoms with van der Waals surface area (Å²) in [5, 5.41) is 4.89. The van der Waals surface area contributed by atoms with E-state index >= 15 is 0 Å². The highest BCUT2D eigenvalue weighted by Crippen LogP contribution is 2.37. The van der Waals surface area contributed by atoms with Crippen molar-refractivity contribution in [1.29, 1.82) is 0 Å². The van der Waals surface area contributed by atoms with Crippen molar-refractivity contribution in [1.82, 2.24) is 9.78 Å². The number of aryl methyl sites for hydroxylation is 1. The average molecular weight is 190 g/mol. The number of aromatic nitrogens is 2. The van der Waals surface area contributed by atoms with Crippen molar-refractivity contribution in [2.75, 3.05) is 0 Å². The summed E-state index contributed by atoms with van der Waals surface area (Å²) in [7, 11) is 0. The number of rotatable bonds is 1. The van der Waals surface area contributed by atoms with Gasteiger partial charge in [-0.3, -0.25) is 4.68 Å². The van der Waals surface area contributed by atoms with Gasteiger partial charge in [-0.05, 0) is 31.4 Å². The van der Waals surface area contributed by atoms with Gasteiger partial charge in [0.15, 0.2) is 0 Å². The van der Waals surface area contributed by atoms with Gasteiger partial charge in [0, 0.05) is 0 Å². The molecule has 0 atom stereocenters. The van der Waals surface area contributed by atoms with Gasteiger partial charge in [0.2, 0.25) is 0 Å². The van der Waals surface area contributed by atoms with Crippen molar-refractivity contribution in [3.63, 3.8) is 0 Å². The standard InChI is InChI=1S/C11H11FN2/c1-7-2-5-10-9(11(7)12)6-13-14(10)8-3-4-8/h2,5-6,8H,3-4H2,1H3. The molecule has 0 N–H and O–H groups in total. The largest absolute Gasteiger partial charge is 0.262 e. The number of fused-ring (bicyclic) bond motifs is 1. The van der Waals surface area contributed by atoms with E-state index in [1.807, 2.05) is 16.8 Å². The number of hydrogen-bond donors (Lipinski definition) is 0. The van der Waals surface area contributed by atoms with Crippen molar-refractivity contribution in [2.45, 2.75) is 25.8 Å². The van der Waals surface area contributed by atoms with Gasteiger partial charge in [0.25, 0.3) is 0 Å². The second-order valence-electron chi connectivity index (χ2n) is 3.95. The highest BCUT2D eigenvalue weighted by molar-refractivity contribution is 5.80. The van der Waals surface area contributed by atoms with Gasteiger partial charge in [0.1, 0.15) is 5.82 Å². The molecule has 0 radical (unpaired) electrons. The Bertz CT molecular complexity index is 497. The normalized spacial score (nSPS) is 16.4. The first-order chi connectivity index (χ1) is 6.77. The first-order valence-electron chi connectivity index (χ1n) is 4.89. The molecular weight excluding hydrogens is 179 g/mol. The summed E-state index contributed by atoms with van der Waals surface area (Å²) in [5.41, 5.74) is 1.61. The summed E-state index contributed by atoms with van der Waals surface area (Å²) in [6.45, 7) is 1.78. The molecule has 0 saturated heterocycles. The van der Waals surface area contributed by atoms with E-state index in [2.05, 4.69) is 5.10 Å². The minimum atomic E-state index is -0.130. The predicted molar refractivity (Wildman–Crippen MR) is 52.7 cm³/mol. The first kappa shape index (κ1) is 7.97. The third kappa shape index (κ3) is 0.983. The molecule has 1 saturated carbocycles. The fraction of sp³-hybridized carbons (Fsp3) is 0.364. The Morgan fingerprint density at radius 2 is 2.21 bits per heavy atom. The molecule has 3 rings (SSSR count). The lowest BCUT2D eigenvalue weighted by molar-refractivity contribution is 0.630. The van der Waals surface area contributed by atoms with E-state index in [9.17, 15) is 4.39 Å². The van der Waals surface area contributed by atoms with Gasteiger partial charge in [-0.25, -0.2) is 4.39 Å². The van der Waals surface area contributed by atoms with Crippen LogP contribution in [0.5, 0.6) is 0 Å². The lowest BCUT2D eigenvalue weighted by Crippen LogP contribution is -1.95. The van der Waals surface area contributed by atoms with Crippen LogP contribution in [-0.2, 0) is 0 Å². The smallest absolute Gasteiger partial charge is 0.137 e. The summed E-state index contributed by atoms with van der Waals surface area (Å²) in [4.78, 5) is 0. The Morgan fingerprint density at radius 3 is 2.93 bits per heavy atom. The molecule has 1 fully saturated rings. The Labute approximate surface area is 81.3 Å². The van der Waals surface area contributed by atoms with Crippen LogP contribution >= 0.6 is 0 Å². The molecule has 14 heavy (non-hydrogen) atoms. The summed E-state index contributed by atoms with van der Waals surface area (Å²) < 4.78 is 15.6. The van der Waals surface area contributed by atoms with E-state index in [1.165, 1.54) is 12.8 Å². The Hall–Kier alpha value is -1.38. The third-order valence-electron chi connectivity index (χ3n) is 2.80. The topological polar surface area (TPSA) is 17.8 Å². The fourth-order valence-corrected chi connectivity index (χ4v) is 1.81. The second kappa shape index (κ2) is 2.56. The molecule has 2 aromatic rings. The number of hydrogen-bond acceptors (Lipinski definition) is 1. The Morgan fingerprint density at radius 1 is 1.43 bits per heavy atom. The molecule has 72 valence electrons. The molecule has 3 heteroatoms. The zero-order chi connectivity index (χ0) is 9.71. The van der Waals surface area contributed by atoms with Crippen LogP contribution in [0.25, 0.3) is 10.9 Å². The van der Waals surface area contributed by atoms with Crippen molar-refractivity contribution in [2.24, 2.45) is 0 Å². The van der Waals surface area contributed by atoms with Crippen molar-refractivity contribution in [3.05, 3.63) is 29.7 Å². The quantitative estimate of drug-likeness (QED) is 0.676. The van der Waals surface area contributed by atoms with Crippen LogP contribution < -0.4 is 0 Å². The monoisotopic (exact) mass is 190 g/mol. The van der Waals surface area contributed by atoms with E-state index in [0.29, 0.717) is 17.0 Å². The Balaban J connectivity index is 2.31. The zero-order valence-corrected chi connectivity index (χ0v) is 8.00. The van der Waals surface area contributed by atoms with Gasteiger partial charge in [-0.2, -0.15) is 5.10 Å².